The third-order valence-corrected chi connectivity index (χ3v) is 5.85. The first-order valence-corrected chi connectivity index (χ1v) is 7.75. The second-order valence-electron chi connectivity index (χ2n) is 4.13. The van der Waals surface area contributed by atoms with E-state index in [2.05, 4.69) is 24.4 Å². The van der Waals surface area contributed by atoms with Gasteiger partial charge in [0.2, 0.25) is 0 Å². The highest BCUT2D eigenvalue weighted by atomic mass is 35.5. The quantitative estimate of drug-likeness (QED) is 0.874. The Balaban J connectivity index is 2.11. The van der Waals surface area contributed by atoms with Gasteiger partial charge in [0, 0.05) is 27.1 Å². The first-order valence-electron chi connectivity index (χ1n) is 5.68. The van der Waals surface area contributed by atoms with Crippen molar-refractivity contribution < 1.29 is 0 Å². The van der Waals surface area contributed by atoms with Gasteiger partial charge in [-0.25, -0.2) is 0 Å². The van der Waals surface area contributed by atoms with Crippen LogP contribution in [0.15, 0.2) is 17.5 Å². The number of hydrogen-bond acceptors (Lipinski definition) is 3. The third kappa shape index (κ3) is 2.91. The Bertz CT molecular complexity index is 501. The maximum Gasteiger partial charge on any atom is 0.0590 e. The Kier molecular flexibility index (Phi) is 4.26. The molecule has 2 aromatic rings. The van der Waals surface area contributed by atoms with Crippen molar-refractivity contribution >= 4 is 34.3 Å². The molecular weight excluding hydrogens is 270 g/mol. The van der Waals surface area contributed by atoms with E-state index in [4.69, 9.17) is 17.3 Å². The normalized spacial score (nSPS) is 12.9. The zero-order chi connectivity index (χ0) is 12.4. The lowest BCUT2D eigenvalue weighted by Crippen LogP contribution is -2.11. The molecule has 0 bridgehead atoms. The van der Waals surface area contributed by atoms with E-state index in [-0.39, 0.29) is 6.04 Å². The smallest absolute Gasteiger partial charge is 0.0590 e. The van der Waals surface area contributed by atoms with Crippen molar-refractivity contribution in [3.63, 3.8) is 0 Å². The Morgan fingerprint density at radius 3 is 2.59 bits per heavy atom. The molecule has 2 aromatic heterocycles. The largest absolute Gasteiger partial charge is 0.323 e. The maximum absolute atomic E-state index is 6.24. The molecule has 1 atom stereocenters. The van der Waals surface area contributed by atoms with E-state index < -0.39 is 0 Å². The van der Waals surface area contributed by atoms with Crippen LogP contribution in [0.5, 0.6) is 0 Å². The van der Waals surface area contributed by atoms with Crippen molar-refractivity contribution in [3.05, 3.63) is 42.7 Å². The first-order chi connectivity index (χ1) is 8.11. The fourth-order valence-corrected chi connectivity index (χ4v) is 4.08. The summed E-state index contributed by atoms with van der Waals surface area (Å²) in [6.45, 7) is 4.20. The van der Waals surface area contributed by atoms with Gasteiger partial charge in [0.15, 0.2) is 0 Å². The molecule has 17 heavy (non-hydrogen) atoms. The van der Waals surface area contributed by atoms with Gasteiger partial charge in [0.05, 0.1) is 5.02 Å². The molecule has 0 amide bonds. The molecule has 1 unspecified atom stereocenters. The molecule has 0 aliphatic heterocycles. The molecule has 2 N–H and O–H groups in total. The molecule has 0 aromatic carbocycles. The predicted octanol–water partition coefficient (Wildman–Crippen LogP) is 4.58. The van der Waals surface area contributed by atoms with Crippen LogP contribution in [-0.4, -0.2) is 0 Å². The van der Waals surface area contributed by atoms with Crippen LogP contribution >= 0.6 is 34.3 Å². The molecular formula is C13H16ClNS2. The van der Waals surface area contributed by atoms with E-state index in [0.717, 1.165) is 28.3 Å². The van der Waals surface area contributed by atoms with Crippen LogP contribution in [0.4, 0.5) is 0 Å². The minimum absolute atomic E-state index is 0.0181. The molecule has 0 radical (unpaired) electrons. The van der Waals surface area contributed by atoms with Crippen molar-refractivity contribution in [2.45, 2.75) is 32.7 Å². The molecule has 0 saturated heterocycles. The van der Waals surface area contributed by atoms with Gasteiger partial charge in [-0.1, -0.05) is 18.5 Å². The standard InChI is InChI=1S/C13H16ClNS2/c1-3-9-4-5-10(17-9)6-11(15)13-12(14)8(2)7-16-13/h4-5,7,11H,3,6,15H2,1-2H3. The van der Waals surface area contributed by atoms with Crippen LogP contribution in [0.1, 0.15) is 33.2 Å². The number of rotatable bonds is 4. The highest BCUT2D eigenvalue weighted by Gasteiger charge is 2.15. The second kappa shape index (κ2) is 5.53. The van der Waals surface area contributed by atoms with Crippen LogP contribution in [0.25, 0.3) is 0 Å². The average Bonchev–Trinajstić information content (AvgIpc) is 2.88. The SMILES string of the molecule is CCc1ccc(CC(N)c2scc(C)c2Cl)s1. The lowest BCUT2D eigenvalue weighted by molar-refractivity contribution is 0.745. The van der Waals surface area contributed by atoms with E-state index in [1.807, 2.05) is 18.3 Å². The van der Waals surface area contributed by atoms with Gasteiger partial charge in [-0.05, 0) is 36.4 Å². The van der Waals surface area contributed by atoms with Gasteiger partial charge in [0.1, 0.15) is 0 Å². The molecule has 2 heterocycles. The van der Waals surface area contributed by atoms with Gasteiger partial charge >= 0.3 is 0 Å². The topological polar surface area (TPSA) is 26.0 Å². The zero-order valence-electron chi connectivity index (χ0n) is 10.00. The average molecular weight is 286 g/mol. The highest BCUT2D eigenvalue weighted by Crippen LogP contribution is 2.33. The van der Waals surface area contributed by atoms with E-state index >= 15 is 0 Å². The monoisotopic (exact) mass is 285 g/mol. The maximum atomic E-state index is 6.24. The number of thiophene rings is 2. The van der Waals surface area contributed by atoms with Crippen LogP contribution in [0.3, 0.4) is 0 Å². The number of halogens is 1. The summed E-state index contributed by atoms with van der Waals surface area (Å²) in [5.74, 6) is 0. The molecule has 0 spiro atoms. The van der Waals surface area contributed by atoms with Gasteiger partial charge in [0.25, 0.3) is 0 Å². The van der Waals surface area contributed by atoms with Crippen LogP contribution in [-0.2, 0) is 12.8 Å². The first kappa shape index (κ1) is 13.1. The van der Waals surface area contributed by atoms with E-state index in [1.165, 1.54) is 9.75 Å². The van der Waals surface area contributed by atoms with Gasteiger partial charge in [-0.15, -0.1) is 22.7 Å². The molecule has 0 aliphatic rings. The summed E-state index contributed by atoms with van der Waals surface area (Å²) in [6, 6.07) is 4.38. The van der Waals surface area contributed by atoms with Gasteiger partial charge in [-0.3, -0.25) is 0 Å². The van der Waals surface area contributed by atoms with Crippen molar-refractivity contribution in [2.24, 2.45) is 5.73 Å². The number of aryl methyl sites for hydroxylation is 2. The summed E-state index contributed by atoms with van der Waals surface area (Å²) in [7, 11) is 0. The van der Waals surface area contributed by atoms with E-state index in [1.54, 1.807) is 11.3 Å². The highest BCUT2D eigenvalue weighted by molar-refractivity contribution is 7.12. The Morgan fingerprint density at radius 2 is 2.06 bits per heavy atom. The minimum atomic E-state index is 0.0181. The summed E-state index contributed by atoms with van der Waals surface area (Å²) in [5, 5.41) is 2.92. The minimum Gasteiger partial charge on any atom is -0.323 e. The van der Waals surface area contributed by atoms with Crippen molar-refractivity contribution in [3.8, 4) is 0 Å². The molecule has 2 rings (SSSR count). The van der Waals surface area contributed by atoms with Gasteiger partial charge in [-0.2, -0.15) is 0 Å². The number of hydrogen-bond donors (Lipinski definition) is 1. The summed E-state index contributed by atoms with van der Waals surface area (Å²) in [5.41, 5.74) is 7.35. The Hall–Kier alpha value is -0.350. The fraction of sp³-hybridized carbons (Fsp3) is 0.385. The lowest BCUT2D eigenvalue weighted by atomic mass is 10.1. The predicted molar refractivity (Wildman–Crippen MR) is 78.4 cm³/mol. The zero-order valence-corrected chi connectivity index (χ0v) is 12.4. The molecule has 0 saturated carbocycles. The molecule has 4 heteroatoms. The second-order valence-corrected chi connectivity index (χ2v) is 6.67. The molecule has 0 aliphatic carbocycles. The van der Waals surface area contributed by atoms with E-state index in [9.17, 15) is 0 Å². The van der Waals surface area contributed by atoms with Crippen LogP contribution in [0.2, 0.25) is 5.02 Å². The summed E-state index contributed by atoms with van der Waals surface area (Å²) < 4.78 is 0. The molecule has 1 nitrogen and oxygen atoms in total. The fourth-order valence-electron chi connectivity index (χ4n) is 1.73. The van der Waals surface area contributed by atoms with Crippen molar-refractivity contribution in [2.75, 3.05) is 0 Å². The van der Waals surface area contributed by atoms with Crippen molar-refractivity contribution in [1.29, 1.82) is 0 Å². The van der Waals surface area contributed by atoms with Crippen molar-refractivity contribution in [1.82, 2.24) is 0 Å². The third-order valence-electron chi connectivity index (χ3n) is 2.75. The summed E-state index contributed by atoms with van der Waals surface area (Å²) >= 11 is 9.75. The molecule has 0 fully saturated rings. The summed E-state index contributed by atoms with van der Waals surface area (Å²) in [6.07, 6.45) is 1.98. The lowest BCUT2D eigenvalue weighted by Gasteiger charge is -2.08. The van der Waals surface area contributed by atoms with Crippen LogP contribution in [0, 0.1) is 6.92 Å². The Labute approximate surface area is 115 Å². The van der Waals surface area contributed by atoms with Gasteiger partial charge < -0.3 is 5.73 Å². The van der Waals surface area contributed by atoms with Crippen LogP contribution < -0.4 is 5.73 Å². The summed E-state index contributed by atoms with van der Waals surface area (Å²) in [4.78, 5) is 3.87. The van der Waals surface area contributed by atoms with E-state index in [0.29, 0.717) is 0 Å². The Morgan fingerprint density at radius 1 is 1.35 bits per heavy atom. The molecule has 92 valence electrons. The number of nitrogens with two attached hydrogens (primary N) is 1.